The minimum atomic E-state index is -0.399. The van der Waals surface area contributed by atoms with E-state index in [1.807, 2.05) is 12.3 Å². The number of hydrogen-bond donors (Lipinski definition) is 1. The van der Waals surface area contributed by atoms with E-state index in [-0.39, 0.29) is 5.82 Å². The first-order valence-electron chi connectivity index (χ1n) is 9.52. The quantitative estimate of drug-likeness (QED) is 0.265. The Morgan fingerprint density at radius 1 is 1.32 bits per heavy atom. The summed E-state index contributed by atoms with van der Waals surface area (Å²) < 4.78 is 3.79. The van der Waals surface area contributed by atoms with Gasteiger partial charge in [0.25, 0.3) is 0 Å². The van der Waals surface area contributed by atoms with E-state index in [2.05, 4.69) is 25.1 Å². The number of aryl methyl sites for hydroxylation is 1. The molecule has 1 aliphatic rings. The fourth-order valence-corrected chi connectivity index (χ4v) is 4.45. The normalized spacial score (nSPS) is 14.8. The Balaban J connectivity index is 1.43. The Morgan fingerprint density at radius 2 is 2.14 bits per heavy atom. The number of nitrogens with zero attached hydrogens (tertiary/aromatic N) is 6. The standard InChI is InChI=1S/C18H23N7O2S/c1-28-18-22-21-15(24(18)13-7-2-3-8-13)10-6-11-19-16-17(25(26)27)23-12-5-4-9-14(23)20-16/h4-5,9,12-13,19H,2-3,6-8,10-11H2,1H3. The molecule has 0 aromatic carbocycles. The molecule has 1 aliphatic carbocycles. The molecule has 10 heteroatoms. The van der Waals surface area contributed by atoms with Crippen LogP contribution in [0.15, 0.2) is 29.6 Å². The van der Waals surface area contributed by atoms with Crippen molar-refractivity contribution in [1.82, 2.24) is 24.1 Å². The second-order valence-corrected chi connectivity index (χ2v) is 7.68. The van der Waals surface area contributed by atoms with Gasteiger partial charge in [0.05, 0.1) is 6.20 Å². The molecule has 148 valence electrons. The van der Waals surface area contributed by atoms with Crippen LogP contribution in [0, 0.1) is 10.1 Å². The summed E-state index contributed by atoms with van der Waals surface area (Å²) in [5, 5.41) is 24.3. The highest BCUT2D eigenvalue weighted by molar-refractivity contribution is 7.98. The van der Waals surface area contributed by atoms with Crippen molar-refractivity contribution in [3.05, 3.63) is 40.3 Å². The highest BCUT2D eigenvalue weighted by atomic mass is 32.2. The van der Waals surface area contributed by atoms with Crippen LogP contribution in [-0.4, -0.2) is 41.9 Å². The summed E-state index contributed by atoms with van der Waals surface area (Å²) in [5.74, 6) is 1.27. The van der Waals surface area contributed by atoms with Crippen LogP contribution in [0.3, 0.4) is 0 Å². The minimum Gasteiger partial charge on any atom is -0.363 e. The van der Waals surface area contributed by atoms with Crippen LogP contribution in [0.4, 0.5) is 11.6 Å². The summed E-state index contributed by atoms with van der Waals surface area (Å²) in [6.45, 7) is 0.580. The Kier molecular flexibility index (Phi) is 5.47. The summed E-state index contributed by atoms with van der Waals surface area (Å²) in [6.07, 6.45) is 10.1. The topological polar surface area (TPSA) is 103 Å². The van der Waals surface area contributed by atoms with E-state index in [9.17, 15) is 10.1 Å². The first kappa shape index (κ1) is 18.7. The third kappa shape index (κ3) is 3.56. The minimum absolute atomic E-state index is 0.0330. The average molecular weight is 401 g/mol. The van der Waals surface area contributed by atoms with Crippen LogP contribution < -0.4 is 5.32 Å². The Morgan fingerprint density at radius 3 is 2.89 bits per heavy atom. The second-order valence-electron chi connectivity index (χ2n) is 6.91. The van der Waals surface area contributed by atoms with E-state index in [1.54, 1.807) is 30.1 Å². The van der Waals surface area contributed by atoms with E-state index in [4.69, 9.17) is 0 Å². The fourth-order valence-electron chi connectivity index (χ4n) is 3.88. The molecule has 1 N–H and O–H groups in total. The van der Waals surface area contributed by atoms with Crippen LogP contribution in [0.2, 0.25) is 0 Å². The van der Waals surface area contributed by atoms with Gasteiger partial charge in [0.1, 0.15) is 5.82 Å². The SMILES string of the molecule is CSc1nnc(CCCNc2nc3ccccn3c2[N+](=O)[O-])n1C1CCCC1. The number of anilines is 1. The molecule has 0 radical (unpaired) electrons. The number of rotatable bonds is 8. The number of imidazole rings is 1. The van der Waals surface area contributed by atoms with Gasteiger partial charge in [0.2, 0.25) is 11.5 Å². The van der Waals surface area contributed by atoms with Gasteiger partial charge in [0, 0.05) is 25.1 Å². The maximum atomic E-state index is 11.5. The number of aromatic nitrogens is 5. The van der Waals surface area contributed by atoms with Gasteiger partial charge in [0.15, 0.2) is 5.16 Å². The van der Waals surface area contributed by atoms with E-state index in [1.165, 1.54) is 30.1 Å². The Labute approximate surface area is 166 Å². The summed E-state index contributed by atoms with van der Waals surface area (Å²) in [5.41, 5.74) is 0.558. The van der Waals surface area contributed by atoms with Gasteiger partial charge in [-0.1, -0.05) is 30.7 Å². The van der Waals surface area contributed by atoms with Crippen molar-refractivity contribution in [2.24, 2.45) is 0 Å². The molecule has 0 spiro atoms. The van der Waals surface area contributed by atoms with E-state index in [0.29, 0.717) is 24.1 Å². The van der Waals surface area contributed by atoms with Gasteiger partial charge in [-0.2, -0.15) is 9.38 Å². The van der Waals surface area contributed by atoms with Crippen LogP contribution in [-0.2, 0) is 6.42 Å². The third-order valence-corrected chi connectivity index (χ3v) is 5.80. The molecule has 1 fully saturated rings. The number of nitro groups is 1. The predicted octanol–water partition coefficient (Wildman–Crippen LogP) is 3.72. The van der Waals surface area contributed by atoms with Crippen LogP contribution >= 0.6 is 11.8 Å². The number of pyridine rings is 1. The first-order chi connectivity index (χ1) is 13.7. The smallest absolute Gasteiger partial charge is 0.363 e. The molecule has 0 aliphatic heterocycles. The zero-order valence-corrected chi connectivity index (χ0v) is 16.6. The molecule has 4 rings (SSSR count). The van der Waals surface area contributed by atoms with Gasteiger partial charge in [-0.15, -0.1) is 10.2 Å². The van der Waals surface area contributed by atoms with Crippen molar-refractivity contribution in [1.29, 1.82) is 0 Å². The molecule has 0 saturated heterocycles. The van der Waals surface area contributed by atoms with Crippen LogP contribution in [0.1, 0.15) is 44.0 Å². The molecule has 9 nitrogen and oxygen atoms in total. The monoisotopic (exact) mass is 401 g/mol. The summed E-state index contributed by atoms with van der Waals surface area (Å²) in [6, 6.07) is 5.83. The fraction of sp³-hybridized carbons (Fsp3) is 0.500. The molecule has 3 aromatic heterocycles. The maximum absolute atomic E-state index is 11.5. The highest BCUT2D eigenvalue weighted by Gasteiger charge is 2.24. The third-order valence-electron chi connectivity index (χ3n) is 5.15. The summed E-state index contributed by atoms with van der Waals surface area (Å²) in [7, 11) is 0. The van der Waals surface area contributed by atoms with Crippen molar-refractivity contribution in [2.75, 3.05) is 18.1 Å². The summed E-state index contributed by atoms with van der Waals surface area (Å²) in [4.78, 5) is 15.4. The van der Waals surface area contributed by atoms with Crippen molar-refractivity contribution in [3.63, 3.8) is 0 Å². The van der Waals surface area contributed by atoms with Gasteiger partial charge < -0.3 is 20.0 Å². The van der Waals surface area contributed by atoms with Gasteiger partial charge in [-0.25, -0.2) is 0 Å². The van der Waals surface area contributed by atoms with Crippen molar-refractivity contribution >= 4 is 29.0 Å². The lowest BCUT2D eigenvalue weighted by Crippen LogP contribution is -2.12. The average Bonchev–Trinajstić information content (AvgIpc) is 3.41. The number of fused-ring (bicyclic) bond motifs is 1. The molecule has 28 heavy (non-hydrogen) atoms. The molecule has 0 atom stereocenters. The highest BCUT2D eigenvalue weighted by Crippen LogP contribution is 2.33. The van der Waals surface area contributed by atoms with Crippen LogP contribution in [0.5, 0.6) is 0 Å². The van der Waals surface area contributed by atoms with Crippen molar-refractivity contribution < 1.29 is 4.92 Å². The Hall–Kier alpha value is -2.62. The predicted molar refractivity (Wildman–Crippen MR) is 108 cm³/mol. The lowest BCUT2D eigenvalue weighted by atomic mass is 10.2. The lowest BCUT2D eigenvalue weighted by Gasteiger charge is -2.16. The van der Waals surface area contributed by atoms with Gasteiger partial charge in [-0.3, -0.25) is 0 Å². The van der Waals surface area contributed by atoms with E-state index >= 15 is 0 Å². The molecule has 0 amide bonds. The van der Waals surface area contributed by atoms with Gasteiger partial charge in [-0.05, 0) is 36.5 Å². The first-order valence-corrected chi connectivity index (χ1v) is 10.7. The molecule has 1 saturated carbocycles. The van der Waals surface area contributed by atoms with E-state index in [0.717, 1.165) is 23.8 Å². The maximum Gasteiger partial charge on any atom is 0.372 e. The number of thioether (sulfide) groups is 1. The summed E-state index contributed by atoms with van der Waals surface area (Å²) >= 11 is 1.63. The van der Waals surface area contributed by atoms with Gasteiger partial charge >= 0.3 is 5.82 Å². The van der Waals surface area contributed by atoms with Crippen molar-refractivity contribution in [3.8, 4) is 0 Å². The lowest BCUT2D eigenvalue weighted by molar-refractivity contribution is -0.389. The largest absolute Gasteiger partial charge is 0.372 e. The van der Waals surface area contributed by atoms with Crippen LogP contribution in [0.25, 0.3) is 5.65 Å². The zero-order chi connectivity index (χ0) is 19.5. The van der Waals surface area contributed by atoms with Crippen molar-refractivity contribution in [2.45, 2.75) is 49.7 Å². The zero-order valence-electron chi connectivity index (χ0n) is 15.7. The van der Waals surface area contributed by atoms with E-state index < -0.39 is 4.92 Å². The Bertz CT molecular complexity index is 978. The molecular formula is C18H23N7O2S. The molecule has 0 bridgehead atoms. The molecule has 3 aromatic rings. The number of hydrogen-bond acceptors (Lipinski definition) is 7. The number of nitrogens with one attached hydrogen (secondary N) is 1. The second kappa shape index (κ2) is 8.17. The molecule has 3 heterocycles. The molecular weight excluding hydrogens is 378 g/mol. The molecule has 0 unspecified atom stereocenters.